The van der Waals surface area contributed by atoms with E-state index in [2.05, 4.69) is 4.98 Å². The van der Waals surface area contributed by atoms with E-state index < -0.39 is 0 Å². The third-order valence-electron chi connectivity index (χ3n) is 2.91. The molecule has 3 nitrogen and oxygen atoms in total. The van der Waals surface area contributed by atoms with Crippen LogP contribution in [0.25, 0.3) is 23.3 Å². The van der Waals surface area contributed by atoms with Gasteiger partial charge in [0.25, 0.3) is 0 Å². The number of rotatable bonds is 2. The van der Waals surface area contributed by atoms with Crippen LogP contribution in [0.1, 0.15) is 17.0 Å². The van der Waals surface area contributed by atoms with Gasteiger partial charge in [0.1, 0.15) is 5.52 Å². The fourth-order valence-corrected chi connectivity index (χ4v) is 1.90. The molecule has 0 aliphatic rings. The number of hydrogen-bond donors (Lipinski definition) is 1. The normalized spacial score (nSPS) is 11.4. The molecule has 2 N–H and O–H groups in total. The van der Waals surface area contributed by atoms with Crippen LogP contribution in [0.4, 0.5) is 5.69 Å². The highest BCUT2D eigenvalue weighted by molar-refractivity contribution is 5.76. The second-order valence-electron chi connectivity index (χ2n) is 4.52. The molecule has 0 aliphatic heterocycles. The van der Waals surface area contributed by atoms with Gasteiger partial charge in [0.2, 0.25) is 5.89 Å². The molecule has 19 heavy (non-hydrogen) atoms. The van der Waals surface area contributed by atoms with Crippen LogP contribution in [0, 0.1) is 6.92 Å². The smallest absolute Gasteiger partial charge is 0.220 e. The highest BCUT2D eigenvalue weighted by Gasteiger charge is 2.02. The van der Waals surface area contributed by atoms with Crippen molar-refractivity contribution in [2.24, 2.45) is 0 Å². The minimum absolute atomic E-state index is 0.609. The number of fused-ring (bicyclic) bond motifs is 1. The Balaban J connectivity index is 1.90. The molecule has 1 heterocycles. The molecule has 0 unspecified atom stereocenters. The van der Waals surface area contributed by atoms with E-state index in [0.29, 0.717) is 5.89 Å². The highest BCUT2D eigenvalue weighted by Crippen LogP contribution is 2.18. The largest absolute Gasteiger partial charge is 0.437 e. The average molecular weight is 250 g/mol. The van der Waals surface area contributed by atoms with E-state index in [1.54, 1.807) is 0 Å². The minimum Gasteiger partial charge on any atom is -0.437 e. The van der Waals surface area contributed by atoms with Crippen LogP contribution >= 0.6 is 0 Å². The molecule has 0 fully saturated rings. The quantitative estimate of drug-likeness (QED) is 0.702. The summed E-state index contributed by atoms with van der Waals surface area (Å²) < 4.78 is 5.65. The van der Waals surface area contributed by atoms with Crippen molar-refractivity contribution in [3.63, 3.8) is 0 Å². The number of aryl methyl sites for hydroxylation is 1. The molecule has 0 amide bonds. The molecular weight excluding hydrogens is 236 g/mol. The molecule has 3 heteroatoms. The molecule has 3 rings (SSSR count). The molecule has 1 aromatic heterocycles. The third kappa shape index (κ3) is 2.50. The first-order chi connectivity index (χ1) is 9.20. The first-order valence-electron chi connectivity index (χ1n) is 6.11. The maximum absolute atomic E-state index is 5.65. The monoisotopic (exact) mass is 250 g/mol. The third-order valence-corrected chi connectivity index (χ3v) is 2.91. The SMILES string of the molecule is Cc1ccc2oc(/C=C/c3ccc(N)cc3)nc2c1. The Bertz CT molecular complexity index is 739. The minimum atomic E-state index is 0.609. The van der Waals surface area contributed by atoms with Crippen LogP contribution in [0.3, 0.4) is 0 Å². The van der Waals surface area contributed by atoms with Crippen molar-refractivity contribution in [1.82, 2.24) is 4.98 Å². The summed E-state index contributed by atoms with van der Waals surface area (Å²) >= 11 is 0. The summed E-state index contributed by atoms with van der Waals surface area (Å²) in [5, 5.41) is 0. The number of hydrogen-bond acceptors (Lipinski definition) is 3. The zero-order valence-corrected chi connectivity index (χ0v) is 10.6. The Labute approximate surface area is 111 Å². The maximum Gasteiger partial charge on any atom is 0.220 e. The number of nitrogen functional groups attached to an aromatic ring is 1. The zero-order chi connectivity index (χ0) is 13.2. The lowest BCUT2D eigenvalue weighted by atomic mass is 10.2. The summed E-state index contributed by atoms with van der Waals surface area (Å²) in [5.74, 6) is 0.609. The lowest BCUT2D eigenvalue weighted by molar-refractivity contribution is 0.589. The zero-order valence-electron chi connectivity index (χ0n) is 10.6. The number of aromatic nitrogens is 1. The lowest BCUT2D eigenvalue weighted by Crippen LogP contribution is -1.82. The van der Waals surface area contributed by atoms with Gasteiger partial charge in [-0.25, -0.2) is 4.98 Å². The summed E-state index contributed by atoms with van der Waals surface area (Å²) in [6.07, 6.45) is 3.82. The molecule has 2 aromatic carbocycles. The second-order valence-corrected chi connectivity index (χ2v) is 4.52. The van der Waals surface area contributed by atoms with Gasteiger partial charge >= 0.3 is 0 Å². The van der Waals surface area contributed by atoms with Gasteiger partial charge in [-0.1, -0.05) is 18.2 Å². The van der Waals surface area contributed by atoms with Crippen LogP contribution < -0.4 is 5.73 Å². The van der Waals surface area contributed by atoms with Crippen LogP contribution in [0.2, 0.25) is 0 Å². The molecule has 0 bridgehead atoms. The van der Waals surface area contributed by atoms with E-state index in [1.165, 1.54) is 5.56 Å². The topological polar surface area (TPSA) is 52.0 Å². The van der Waals surface area contributed by atoms with Crippen molar-refractivity contribution in [1.29, 1.82) is 0 Å². The molecular formula is C16H14N2O. The fraction of sp³-hybridized carbons (Fsp3) is 0.0625. The highest BCUT2D eigenvalue weighted by atomic mass is 16.3. The number of oxazole rings is 1. The Morgan fingerprint density at radius 1 is 1.05 bits per heavy atom. The molecule has 0 atom stereocenters. The Morgan fingerprint density at radius 2 is 1.84 bits per heavy atom. The molecule has 94 valence electrons. The summed E-state index contributed by atoms with van der Waals surface area (Å²) in [6.45, 7) is 2.04. The van der Waals surface area contributed by atoms with Crippen molar-refractivity contribution >= 4 is 28.9 Å². The van der Waals surface area contributed by atoms with Gasteiger partial charge in [-0.3, -0.25) is 0 Å². The van der Waals surface area contributed by atoms with Crippen LogP contribution in [-0.2, 0) is 0 Å². The molecule has 0 saturated carbocycles. The van der Waals surface area contributed by atoms with E-state index >= 15 is 0 Å². The summed E-state index contributed by atoms with van der Waals surface area (Å²) in [6, 6.07) is 13.6. The molecule has 0 radical (unpaired) electrons. The average Bonchev–Trinajstić information content (AvgIpc) is 2.80. The molecule has 0 spiro atoms. The van der Waals surface area contributed by atoms with Crippen molar-refractivity contribution in [3.05, 3.63) is 59.5 Å². The van der Waals surface area contributed by atoms with Gasteiger partial charge in [0.05, 0.1) is 0 Å². The van der Waals surface area contributed by atoms with E-state index in [-0.39, 0.29) is 0 Å². The number of nitrogens with two attached hydrogens (primary N) is 1. The molecule has 0 aliphatic carbocycles. The van der Waals surface area contributed by atoms with Gasteiger partial charge < -0.3 is 10.2 Å². The van der Waals surface area contributed by atoms with Gasteiger partial charge in [-0.05, 0) is 48.4 Å². The van der Waals surface area contributed by atoms with E-state index in [9.17, 15) is 0 Å². The maximum atomic E-state index is 5.65. The van der Waals surface area contributed by atoms with Gasteiger partial charge in [-0.15, -0.1) is 0 Å². The second kappa shape index (κ2) is 4.61. The van der Waals surface area contributed by atoms with Crippen LogP contribution in [0.15, 0.2) is 46.9 Å². The summed E-state index contributed by atoms with van der Waals surface area (Å²) in [7, 11) is 0. The fourth-order valence-electron chi connectivity index (χ4n) is 1.90. The first-order valence-corrected chi connectivity index (χ1v) is 6.11. The summed E-state index contributed by atoms with van der Waals surface area (Å²) in [4.78, 5) is 4.43. The van der Waals surface area contributed by atoms with E-state index in [0.717, 1.165) is 22.4 Å². The molecule has 0 saturated heterocycles. The van der Waals surface area contributed by atoms with Gasteiger partial charge in [0.15, 0.2) is 5.58 Å². The molecule has 3 aromatic rings. The predicted octanol–water partition coefficient (Wildman–Crippen LogP) is 3.89. The van der Waals surface area contributed by atoms with Crippen molar-refractivity contribution in [2.45, 2.75) is 6.92 Å². The van der Waals surface area contributed by atoms with Crippen molar-refractivity contribution in [2.75, 3.05) is 5.73 Å². The number of nitrogens with zero attached hydrogens (tertiary/aromatic N) is 1. The van der Waals surface area contributed by atoms with Gasteiger partial charge in [0, 0.05) is 11.8 Å². The summed E-state index contributed by atoms with van der Waals surface area (Å²) in [5.41, 5.74) is 10.3. The van der Waals surface area contributed by atoms with Crippen LogP contribution in [0.5, 0.6) is 0 Å². The van der Waals surface area contributed by atoms with E-state index in [1.807, 2.05) is 61.5 Å². The van der Waals surface area contributed by atoms with Crippen molar-refractivity contribution in [3.8, 4) is 0 Å². The van der Waals surface area contributed by atoms with Crippen molar-refractivity contribution < 1.29 is 4.42 Å². The van der Waals surface area contributed by atoms with Crippen LogP contribution in [-0.4, -0.2) is 4.98 Å². The standard InChI is InChI=1S/C16H14N2O/c1-11-2-8-15-14(10-11)18-16(19-15)9-5-12-3-6-13(17)7-4-12/h2-10H,17H2,1H3/b9-5+. The number of benzene rings is 2. The Kier molecular flexibility index (Phi) is 2.80. The number of anilines is 1. The predicted molar refractivity (Wildman–Crippen MR) is 78.5 cm³/mol. The Hall–Kier alpha value is -2.55. The first kappa shape index (κ1) is 11.5. The lowest BCUT2D eigenvalue weighted by Gasteiger charge is -1.93. The van der Waals surface area contributed by atoms with E-state index in [4.69, 9.17) is 10.2 Å². The van der Waals surface area contributed by atoms with Gasteiger partial charge in [-0.2, -0.15) is 0 Å². The Morgan fingerprint density at radius 3 is 2.63 bits per heavy atom.